The Morgan fingerprint density at radius 3 is 1.51 bits per heavy atom. The molecule has 2 amide bonds. The van der Waals surface area contributed by atoms with Gasteiger partial charge in [-0.3, -0.25) is 28.0 Å². The van der Waals surface area contributed by atoms with Crippen molar-refractivity contribution in [3.8, 4) is 0 Å². The van der Waals surface area contributed by atoms with Gasteiger partial charge in [0.1, 0.15) is 0 Å². The zero-order chi connectivity index (χ0) is 78.0. The Bertz CT molecular complexity index is 2510. The maximum atomic E-state index is 11.5. The Morgan fingerprint density at radius 2 is 1.00 bits per heavy atom. The molecule has 1 aromatic heterocycles. The van der Waals surface area contributed by atoms with Crippen molar-refractivity contribution in [1.29, 1.82) is 0 Å². The van der Waals surface area contributed by atoms with E-state index in [0.29, 0.717) is 60.9 Å². The quantitative estimate of drug-likeness (QED) is 0.108. The first-order chi connectivity index (χ1) is 49.8. The molecule has 24 heteroatoms. The van der Waals surface area contributed by atoms with Crippen LogP contribution in [-0.2, 0) is 53.6 Å². The molecule has 9 fully saturated rings. The molecule has 0 aromatic carbocycles. The average Bonchev–Trinajstić information content (AvgIpc) is 1.67. The number of carbonyl (C=O) groups excluding carboxylic acids is 1. The van der Waals surface area contributed by atoms with E-state index in [0.717, 1.165) is 188 Å². The summed E-state index contributed by atoms with van der Waals surface area (Å²) in [6.45, 7) is 70.5. The number of hydrogen-bond donors (Lipinski definition) is 4. The van der Waals surface area contributed by atoms with Gasteiger partial charge >= 0.3 is 11.7 Å². The average molecular weight is 1540 g/mol. The minimum Gasteiger partial charge on any atom is -0.381 e. The number of morpholine rings is 1. The van der Waals surface area contributed by atoms with Crippen molar-refractivity contribution in [3.05, 3.63) is 32.1 Å². The number of likely N-dealkylation sites (N-methyl/N-ethyl adjacent to an activating group) is 1. The molecule has 2 unspecified atom stereocenters. The van der Waals surface area contributed by atoms with Crippen molar-refractivity contribution in [2.24, 2.45) is 53.3 Å². The van der Waals surface area contributed by atoms with Gasteiger partial charge in [-0.15, -0.1) is 0 Å². The van der Waals surface area contributed by atoms with Gasteiger partial charge in [0.2, 0.25) is 0 Å². The normalized spacial score (nSPS) is 24.1. The van der Waals surface area contributed by atoms with E-state index in [4.69, 9.17) is 18.9 Å². The number of fused-ring (bicyclic) bond motifs is 2. The van der Waals surface area contributed by atoms with Crippen LogP contribution in [0.4, 0.5) is 4.79 Å². The molecule has 1 aromatic rings. The number of urea groups is 1. The molecule has 11 heterocycles. The number of thioether (sulfide) groups is 1. The van der Waals surface area contributed by atoms with Crippen LogP contribution in [0.15, 0.2) is 9.59 Å². The van der Waals surface area contributed by atoms with Crippen LogP contribution in [0, 0.1) is 53.3 Å². The van der Waals surface area contributed by atoms with Gasteiger partial charge in [0.25, 0.3) is 5.56 Å². The number of aromatic nitrogens is 2. The third kappa shape index (κ3) is 43.7. The second-order valence-electron chi connectivity index (χ2n) is 34.4. The third-order valence-electron chi connectivity index (χ3n) is 21.0. The van der Waals surface area contributed by atoms with Crippen molar-refractivity contribution < 1.29 is 32.2 Å². The number of aromatic amines is 2. The summed E-state index contributed by atoms with van der Waals surface area (Å²) >= 11 is 2.08. The van der Waals surface area contributed by atoms with E-state index in [1.807, 2.05) is 19.1 Å². The van der Waals surface area contributed by atoms with Gasteiger partial charge in [0.15, 0.2) is 0 Å². The zero-order valence-electron chi connectivity index (χ0n) is 70.9. The number of hydrogen-bond acceptors (Lipinski definition) is 18. The lowest BCUT2D eigenvalue weighted by Crippen LogP contribution is -2.51. The largest absolute Gasteiger partial charge is 0.381 e. The number of H-pyrrole nitrogens is 2. The molecule has 0 saturated carbocycles. The molecule has 10 aliphatic heterocycles. The monoisotopic (exact) mass is 1540 g/mol. The van der Waals surface area contributed by atoms with Gasteiger partial charge < -0.3 is 64.0 Å². The summed E-state index contributed by atoms with van der Waals surface area (Å²) in [5.41, 5.74) is 0.775. The van der Waals surface area contributed by atoms with Gasteiger partial charge in [0, 0.05) is 238 Å². The molecule has 4 N–H and O–H groups in total. The van der Waals surface area contributed by atoms with E-state index in [2.05, 4.69) is 198 Å². The van der Waals surface area contributed by atoms with E-state index < -0.39 is 27.3 Å². The number of piperidine rings is 2. The lowest BCUT2D eigenvalue weighted by molar-refractivity contribution is 0.0109. The predicted octanol–water partition coefficient (Wildman–Crippen LogP) is 10.6. The number of nitrogens with zero attached hydrogens (tertiary/aromatic N) is 8. The smallest absolute Gasteiger partial charge is 0.325 e. The maximum absolute atomic E-state index is 11.5. The van der Waals surface area contributed by atoms with E-state index in [1.165, 1.54) is 109 Å². The first kappa shape index (κ1) is 97.3. The summed E-state index contributed by atoms with van der Waals surface area (Å²) in [5, 5.41) is 6.60. The van der Waals surface area contributed by atoms with E-state index in [1.54, 1.807) is 0 Å². The Balaban J connectivity index is 0.000000308. The van der Waals surface area contributed by atoms with Gasteiger partial charge in [0.05, 0.1) is 43.6 Å². The minimum atomic E-state index is -0.517. The fraction of sp³-hybridized carbons (Fsp3) is 0.938. The van der Waals surface area contributed by atoms with Crippen molar-refractivity contribution in [2.75, 3.05) is 206 Å². The van der Waals surface area contributed by atoms with Crippen molar-refractivity contribution in [2.45, 2.75) is 232 Å². The van der Waals surface area contributed by atoms with Gasteiger partial charge in [-0.25, -0.2) is 9.59 Å². The van der Waals surface area contributed by atoms with Crippen LogP contribution < -0.4 is 21.9 Å². The molecule has 21 nitrogen and oxygen atoms in total. The van der Waals surface area contributed by atoms with Crippen LogP contribution in [-0.4, -0.2) is 306 Å². The third-order valence-corrected chi connectivity index (χ3v) is 24.6. The summed E-state index contributed by atoms with van der Waals surface area (Å²) in [7, 11) is 2.73. The van der Waals surface area contributed by atoms with Crippen LogP contribution >= 0.6 is 11.8 Å². The Labute approximate surface area is 651 Å². The standard InChI is InChI=1S/C11H21N3O.C10H21NO.C9H13N3O2.3C9H19NO.C8H17NOS.C8H17NS.C8H16OS/c1-8(2)6-14-5-4-10-9(7-14)12-11(15)13(10)3;1-9(2)8-11-6-4-10(12-3)5-7-11;1-5(2)12-3-6-7(4-12)10-9(14)11-8(6)13;1-8(2)9(3)10-4-6-11-7-5-10;1-8(2)7-10-9-3-5-11-6-4-9;1-9(2)8-10-4-3-6-11-7-5-10;1-8(2)7-9-3-5-11(10)6-4-9;1-8(2)7-9-3-5-10-6-4-9;1-7(2)8-3-5-10(9)6-4-8/h8-10H,4-7H2,1-3H3,(H,12,15);9-10H,4-8H2,1-3H3;5H,3-4H2,1-2H3,(H2,10,11,13,14);8-9H,4-7H2,1-3H3;8-10H,3-7H2,1-2H3;9H,3-8H2,1-2H3;8H,3-7H2,1-2H3;8H,3-7H2,1-2H3;7-8H,3-6H2,1-2H3/t9?,10-;;;;;;;;/m1......../s1. The molecular formula is C81H162N12O9S3. The first-order valence-electron chi connectivity index (χ1n) is 41.6. The highest BCUT2D eigenvalue weighted by molar-refractivity contribution is 7.99. The zero-order valence-corrected chi connectivity index (χ0v) is 73.4. The van der Waals surface area contributed by atoms with Crippen LogP contribution in [0.3, 0.4) is 0 Å². The van der Waals surface area contributed by atoms with E-state index >= 15 is 0 Å². The lowest BCUT2D eigenvalue weighted by Gasteiger charge is -2.36. The number of methoxy groups -OCH3 is 1. The SMILES string of the molecule is CC(C)C(C)N1CCOCC1.CC(C)C1CCS(=O)CC1.CC(C)CN1CCCOCC1.CC(C)CN1CCS(=O)CC1.CC(C)CN1CCSCC1.CC(C)CN1CC[C@@H]2C(C1)NC(=O)N2C.CC(C)CNC1CCOCC1.CC(C)N1Cc2[nH]c(=O)[nH]c(=O)c2C1.COC1CCN(CC(C)C)CC1. The molecular weight excluding hydrogens is 1380 g/mol. The van der Waals surface area contributed by atoms with Crippen molar-refractivity contribution >= 4 is 39.4 Å². The van der Waals surface area contributed by atoms with E-state index in [-0.39, 0.29) is 11.6 Å². The molecule has 0 bridgehead atoms. The number of amides is 2. The fourth-order valence-electron chi connectivity index (χ4n) is 14.6. The van der Waals surface area contributed by atoms with Crippen LogP contribution in [0.1, 0.15) is 194 Å². The number of rotatable bonds is 18. The van der Waals surface area contributed by atoms with Gasteiger partial charge in [-0.1, -0.05) is 111 Å². The van der Waals surface area contributed by atoms with Gasteiger partial charge in [-0.05, 0) is 132 Å². The first-order valence-corrected chi connectivity index (χ1v) is 45.7. The molecule has 0 radical (unpaired) electrons. The Kier molecular flexibility index (Phi) is 51.5. The Morgan fingerprint density at radius 1 is 0.514 bits per heavy atom. The minimum absolute atomic E-state index is 0.0939. The van der Waals surface area contributed by atoms with Crippen molar-refractivity contribution in [3.63, 3.8) is 0 Å². The molecule has 105 heavy (non-hydrogen) atoms. The molecule has 618 valence electrons. The molecule has 10 aliphatic rings. The summed E-state index contributed by atoms with van der Waals surface area (Å²) in [6.07, 6.45) is 9.99. The lowest BCUT2D eigenvalue weighted by atomic mass is 9.91. The van der Waals surface area contributed by atoms with Crippen LogP contribution in [0.2, 0.25) is 0 Å². The van der Waals surface area contributed by atoms with E-state index in [9.17, 15) is 22.8 Å². The predicted molar refractivity (Wildman–Crippen MR) is 446 cm³/mol. The Hall–Kier alpha value is -1.88. The fourth-order valence-corrected chi connectivity index (χ4v) is 18.0. The summed E-state index contributed by atoms with van der Waals surface area (Å²) in [4.78, 5) is 57.7. The number of ether oxygens (including phenoxy) is 4. The number of likely N-dealkylation sites (tertiary alicyclic amines) is 2. The molecule has 3 atom stereocenters. The molecule has 11 rings (SSSR count). The number of nitrogens with one attached hydrogen (secondary N) is 4. The molecule has 9 saturated heterocycles. The highest BCUT2D eigenvalue weighted by Crippen LogP contribution is 2.25. The van der Waals surface area contributed by atoms with Gasteiger partial charge in [-0.2, -0.15) is 11.8 Å². The summed E-state index contributed by atoms with van der Waals surface area (Å²) < 4.78 is 43.2. The topological polar surface area (TPSA) is 204 Å². The summed E-state index contributed by atoms with van der Waals surface area (Å²) in [5.74, 6) is 13.4. The highest BCUT2D eigenvalue weighted by atomic mass is 32.2. The number of carbonyl (C=O) groups is 1. The second kappa shape index (κ2) is 55.5. The van der Waals surface area contributed by atoms with Crippen LogP contribution in [0.25, 0.3) is 0 Å². The summed E-state index contributed by atoms with van der Waals surface area (Å²) in [6, 6.07) is 2.66. The molecule has 0 spiro atoms. The highest BCUT2D eigenvalue weighted by Gasteiger charge is 2.40. The molecule has 0 aliphatic carbocycles. The van der Waals surface area contributed by atoms with Crippen LogP contribution in [0.5, 0.6) is 0 Å². The van der Waals surface area contributed by atoms with Crippen molar-refractivity contribution in [1.82, 2.24) is 59.8 Å². The second-order valence-corrected chi connectivity index (χ2v) is 39.0. The maximum Gasteiger partial charge on any atom is 0.325 e.